The van der Waals surface area contributed by atoms with Crippen LogP contribution in [-0.4, -0.2) is 101 Å². The number of para-hydroxylation sites is 1. The molecule has 0 aliphatic carbocycles. The maximum atomic E-state index is 12.6. The van der Waals surface area contributed by atoms with Crippen molar-refractivity contribution in [1.29, 1.82) is 0 Å². The molecular weight excluding hydrogens is 729 g/mol. The first-order chi connectivity index (χ1) is 28.4. The summed E-state index contributed by atoms with van der Waals surface area (Å²) in [7, 11) is 0. The van der Waals surface area contributed by atoms with Crippen LogP contribution in [0.15, 0.2) is 85.1 Å². The summed E-state index contributed by atoms with van der Waals surface area (Å²) < 4.78 is 2.41. The van der Waals surface area contributed by atoms with Gasteiger partial charge in [-0.25, -0.2) is 4.79 Å². The molecule has 2 atom stereocenters. The molecular formula is C45H52N10O3. The Bertz CT molecular complexity index is 2320. The van der Waals surface area contributed by atoms with E-state index in [-0.39, 0.29) is 17.7 Å². The number of carbonyl (C=O) groups is 2. The van der Waals surface area contributed by atoms with Gasteiger partial charge in [0.25, 0.3) is 0 Å². The van der Waals surface area contributed by atoms with Crippen molar-refractivity contribution in [2.45, 2.75) is 63.1 Å². The number of hydrogen-bond acceptors (Lipinski definition) is 10. The average molecular weight is 781 g/mol. The molecule has 10 rings (SSSR count). The molecule has 5 aromatic rings. The molecule has 2 unspecified atom stereocenters. The summed E-state index contributed by atoms with van der Waals surface area (Å²) in [5.74, 6) is 1.11. The number of imide groups is 1. The molecule has 0 saturated carbocycles. The predicted molar refractivity (Wildman–Crippen MR) is 229 cm³/mol. The number of amides is 3. The highest BCUT2D eigenvalue weighted by molar-refractivity contribution is 6.09. The molecule has 5 saturated heterocycles. The highest BCUT2D eigenvalue weighted by Crippen LogP contribution is 2.41. The van der Waals surface area contributed by atoms with E-state index in [4.69, 9.17) is 5.73 Å². The maximum absolute atomic E-state index is 12.6. The van der Waals surface area contributed by atoms with Gasteiger partial charge in [0.2, 0.25) is 5.91 Å². The van der Waals surface area contributed by atoms with E-state index in [1.165, 1.54) is 30.8 Å². The van der Waals surface area contributed by atoms with E-state index in [1.807, 2.05) is 36.4 Å². The number of nitrogens with zero attached hydrogens (tertiary/aromatic N) is 8. The number of piperidine rings is 2. The number of carbonyl (C=O) groups excluding carboxylic acids is 2. The van der Waals surface area contributed by atoms with Crippen LogP contribution in [0.1, 0.15) is 51.0 Å². The first-order valence-electron chi connectivity index (χ1n) is 21.1. The largest absolute Gasteiger partial charge is 0.507 e. The molecule has 2 bridgehead atoms. The maximum Gasteiger partial charge on any atom is 0.328 e. The summed E-state index contributed by atoms with van der Waals surface area (Å²) in [4.78, 5) is 36.3. The monoisotopic (exact) mass is 780 g/mol. The number of likely N-dealkylation sites (tertiary alicyclic amines) is 1. The summed E-state index contributed by atoms with van der Waals surface area (Å²) in [6, 6.07) is 27.6. The van der Waals surface area contributed by atoms with E-state index >= 15 is 0 Å². The second-order valence-corrected chi connectivity index (χ2v) is 16.9. The predicted octanol–water partition coefficient (Wildman–Crippen LogP) is 6.24. The van der Waals surface area contributed by atoms with Crippen molar-refractivity contribution in [3.63, 3.8) is 0 Å². The van der Waals surface area contributed by atoms with Crippen LogP contribution in [0.25, 0.3) is 22.2 Å². The first kappa shape index (κ1) is 36.5. The smallest absolute Gasteiger partial charge is 0.328 e. The lowest BCUT2D eigenvalue weighted by atomic mass is 9.94. The molecule has 5 fully saturated rings. The molecule has 4 N–H and O–H groups in total. The number of nitrogen functional groups attached to an aromatic ring is 1. The number of benzene rings is 3. The molecule has 3 amide bonds. The first-order valence-corrected chi connectivity index (χ1v) is 21.1. The summed E-state index contributed by atoms with van der Waals surface area (Å²) in [5.41, 5.74) is 13.2. The van der Waals surface area contributed by atoms with Gasteiger partial charge in [-0.1, -0.05) is 24.3 Å². The van der Waals surface area contributed by atoms with E-state index in [9.17, 15) is 14.7 Å². The lowest BCUT2D eigenvalue weighted by Crippen LogP contribution is -2.54. The minimum atomic E-state index is -0.338. The van der Waals surface area contributed by atoms with E-state index < -0.39 is 0 Å². The number of hydrogen-bond donors (Lipinski definition) is 3. The van der Waals surface area contributed by atoms with Gasteiger partial charge in [-0.2, -0.15) is 0 Å². The number of phenolic OH excluding ortho intramolecular Hbond substituents is 1. The lowest BCUT2D eigenvalue weighted by Gasteiger charge is -2.44. The number of fused-ring (bicyclic) bond motifs is 3. The van der Waals surface area contributed by atoms with Gasteiger partial charge in [0.1, 0.15) is 5.75 Å². The Labute approximate surface area is 339 Å². The number of urea groups is 1. The Morgan fingerprint density at radius 1 is 0.724 bits per heavy atom. The Morgan fingerprint density at radius 3 is 2.26 bits per heavy atom. The van der Waals surface area contributed by atoms with E-state index in [2.05, 4.69) is 82.3 Å². The van der Waals surface area contributed by atoms with Crippen molar-refractivity contribution in [3.05, 3.63) is 85.1 Å². The van der Waals surface area contributed by atoms with Crippen LogP contribution in [0.5, 0.6) is 5.75 Å². The third-order valence-corrected chi connectivity index (χ3v) is 13.5. The van der Waals surface area contributed by atoms with E-state index in [0.717, 1.165) is 87.2 Å². The zero-order valence-corrected chi connectivity index (χ0v) is 32.9. The van der Waals surface area contributed by atoms with Gasteiger partial charge in [-0.3, -0.25) is 15.0 Å². The van der Waals surface area contributed by atoms with Gasteiger partial charge in [0.15, 0.2) is 5.82 Å². The standard InChI is InChI=1S/C45H52N10O3/c46-44-41(26-38(48-49-44)36-7-1-2-10-42(36)56)52-28-34-11-12-35(29-52)55(34)33-6-3-5-32(25-33)51-21-13-30(14-22-51)27-50-19-15-31(16-20-50)53-23-17-37-39(53)8-4-9-40(37)54-24-18-43(57)47-45(54)58/h1-10,17,23,25-26,30-31,34-35,56H,11-16,18-22,24,27-29H2,(H2,46,49)(H,47,57,58). The molecule has 0 spiro atoms. The van der Waals surface area contributed by atoms with Crippen LogP contribution in [0.3, 0.4) is 0 Å². The Kier molecular flexibility index (Phi) is 9.55. The van der Waals surface area contributed by atoms with Crippen LogP contribution >= 0.6 is 0 Å². The molecule has 5 aliphatic heterocycles. The molecule has 13 heteroatoms. The number of nitrogens with two attached hydrogens (primary N) is 1. The fraction of sp³-hybridized carbons (Fsp3) is 0.422. The third-order valence-electron chi connectivity index (χ3n) is 13.5. The van der Waals surface area contributed by atoms with Crippen LogP contribution in [0.4, 0.5) is 33.4 Å². The van der Waals surface area contributed by atoms with E-state index in [0.29, 0.717) is 54.1 Å². The SMILES string of the molecule is Nc1nnc(-c2ccccc2O)cc1N1CC2CCC(C1)N2c1cccc(N2CCC(CN3CCC(n4ccc5c(N6CCC(=O)NC6=O)cccc54)CC3)CC2)c1. The quantitative estimate of drug-likeness (QED) is 0.166. The second kappa shape index (κ2) is 15.2. The number of aromatic hydroxyl groups is 1. The molecule has 5 aliphatic rings. The Hall–Kier alpha value is -5.82. The fourth-order valence-corrected chi connectivity index (χ4v) is 10.5. The molecule has 7 heterocycles. The summed E-state index contributed by atoms with van der Waals surface area (Å²) in [6.45, 7) is 7.67. The molecule has 13 nitrogen and oxygen atoms in total. The van der Waals surface area contributed by atoms with Crippen molar-refractivity contribution in [3.8, 4) is 17.0 Å². The van der Waals surface area contributed by atoms with Crippen molar-refractivity contribution < 1.29 is 14.7 Å². The van der Waals surface area contributed by atoms with Crippen molar-refractivity contribution >= 4 is 51.4 Å². The van der Waals surface area contributed by atoms with Gasteiger partial charge >= 0.3 is 6.03 Å². The van der Waals surface area contributed by atoms with Crippen molar-refractivity contribution in [2.24, 2.45) is 5.92 Å². The number of phenols is 1. The van der Waals surface area contributed by atoms with Crippen LogP contribution in [0, 0.1) is 5.92 Å². The second-order valence-electron chi connectivity index (χ2n) is 16.9. The highest BCUT2D eigenvalue weighted by atomic mass is 16.3. The summed E-state index contributed by atoms with van der Waals surface area (Å²) >= 11 is 0. The fourth-order valence-electron chi connectivity index (χ4n) is 10.5. The number of piperazine rings is 1. The zero-order chi connectivity index (χ0) is 39.3. The lowest BCUT2D eigenvalue weighted by molar-refractivity contribution is -0.120. The topological polar surface area (TPSA) is 139 Å². The highest BCUT2D eigenvalue weighted by Gasteiger charge is 2.41. The molecule has 300 valence electrons. The van der Waals surface area contributed by atoms with Gasteiger partial charge in [-0.15, -0.1) is 10.2 Å². The van der Waals surface area contributed by atoms with E-state index in [1.54, 1.807) is 11.0 Å². The Balaban J connectivity index is 0.733. The van der Waals surface area contributed by atoms with Gasteiger partial charge in [-0.05, 0) is 99.0 Å². The minimum Gasteiger partial charge on any atom is -0.507 e. The number of rotatable bonds is 8. The van der Waals surface area contributed by atoms with Crippen LogP contribution < -0.4 is 30.7 Å². The van der Waals surface area contributed by atoms with Crippen molar-refractivity contribution in [2.75, 3.05) is 77.7 Å². The van der Waals surface area contributed by atoms with Crippen LogP contribution in [-0.2, 0) is 4.79 Å². The number of anilines is 5. The number of nitrogens with one attached hydrogen (secondary N) is 1. The zero-order valence-electron chi connectivity index (χ0n) is 32.9. The summed E-state index contributed by atoms with van der Waals surface area (Å²) in [5, 5.41) is 22.6. The molecule has 58 heavy (non-hydrogen) atoms. The third kappa shape index (κ3) is 6.84. The van der Waals surface area contributed by atoms with Crippen molar-refractivity contribution in [1.82, 2.24) is 25.0 Å². The number of aromatic nitrogens is 3. The molecule has 2 aromatic heterocycles. The minimum absolute atomic E-state index is 0.185. The molecule has 0 radical (unpaired) electrons. The van der Waals surface area contributed by atoms with Gasteiger partial charge < -0.3 is 35.0 Å². The summed E-state index contributed by atoms with van der Waals surface area (Å²) in [6.07, 6.45) is 9.43. The average Bonchev–Trinajstić information content (AvgIpc) is 3.80. The normalized spacial score (nSPS) is 22.3. The van der Waals surface area contributed by atoms with Gasteiger partial charge in [0, 0.05) is 105 Å². The van der Waals surface area contributed by atoms with Gasteiger partial charge in [0.05, 0.1) is 22.6 Å². The van der Waals surface area contributed by atoms with Crippen LogP contribution in [0.2, 0.25) is 0 Å². The molecule has 3 aromatic carbocycles. The Morgan fingerprint density at radius 2 is 1.48 bits per heavy atom.